The Balaban J connectivity index is 1.35. The number of benzene rings is 1. The molecule has 2 aromatic heterocycles. The zero-order valence-electron chi connectivity index (χ0n) is 18.7. The molecule has 3 N–H and O–H groups in total. The molecule has 35 heavy (non-hydrogen) atoms. The molecule has 2 fully saturated rings. The van der Waals surface area contributed by atoms with Crippen LogP contribution in [-0.2, 0) is 10.9 Å². The predicted molar refractivity (Wildman–Crippen MR) is 121 cm³/mol. The largest absolute Gasteiger partial charge is 0.485 e. The van der Waals surface area contributed by atoms with E-state index in [1.165, 1.54) is 6.07 Å². The van der Waals surface area contributed by atoms with Crippen LogP contribution < -0.4 is 20.1 Å². The number of morpholine rings is 1. The Hall–Kier alpha value is -3.67. The Morgan fingerprint density at radius 3 is 2.69 bits per heavy atom. The minimum Gasteiger partial charge on any atom is -0.485 e. The molecule has 12 heteroatoms. The average Bonchev–Trinajstić information content (AvgIpc) is 3.59. The minimum absolute atomic E-state index is 0.0444. The Morgan fingerprint density at radius 1 is 1.20 bits per heavy atom. The molecular formula is C23H22F3N5O4. The standard InChI is InChI=1S/C23H22F3N5O4/c1-27-16-7-17(30-21-18(16)14(8-28-21)23(24,25)26)29-15-3-2-13(19-20(15)34-5-4-33-19)22(32)31-9-12-6-11(31)10-35-12/h2-3,7-8,11-12H,4-6,9-10H2,1H3,(H3,27,28,29,30)/t11-,12-/m0/s1. The fourth-order valence-corrected chi connectivity index (χ4v) is 4.96. The van der Waals surface area contributed by atoms with Crippen LogP contribution in [0.3, 0.4) is 0 Å². The number of hydrogen-bond donors (Lipinski definition) is 3. The third kappa shape index (κ3) is 3.59. The molecular weight excluding hydrogens is 467 g/mol. The van der Waals surface area contributed by atoms with E-state index in [0.29, 0.717) is 54.9 Å². The van der Waals surface area contributed by atoms with Crippen LogP contribution in [0.15, 0.2) is 24.4 Å². The Kier molecular flexibility index (Phi) is 4.95. The molecule has 2 saturated heterocycles. The number of likely N-dealkylation sites (tertiary alicyclic amines) is 1. The lowest BCUT2D eigenvalue weighted by Crippen LogP contribution is -2.41. The van der Waals surface area contributed by atoms with E-state index in [0.717, 1.165) is 12.6 Å². The summed E-state index contributed by atoms with van der Waals surface area (Å²) in [6.45, 7) is 1.67. The van der Waals surface area contributed by atoms with Gasteiger partial charge >= 0.3 is 6.18 Å². The number of carbonyl (C=O) groups excluding carboxylic acids is 1. The lowest BCUT2D eigenvalue weighted by atomic mass is 10.1. The first kappa shape index (κ1) is 21.8. The molecule has 3 aliphatic rings. The number of hydrogen-bond acceptors (Lipinski definition) is 7. The van der Waals surface area contributed by atoms with E-state index >= 15 is 0 Å². The van der Waals surface area contributed by atoms with Gasteiger partial charge < -0.3 is 34.7 Å². The molecule has 2 bridgehead atoms. The zero-order valence-corrected chi connectivity index (χ0v) is 18.7. The summed E-state index contributed by atoms with van der Waals surface area (Å²) in [6, 6.07) is 4.90. The number of nitrogens with zero attached hydrogens (tertiary/aromatic N) is 2. The normalized spacial score (nSPS) is 21.0. The molecule has 9 nitrogen and oxygen atoms in total. The lowest BCUT2D eigenvalue weighted by Gasteiger charge is -2.29. The zero-order chi connectivity index (χ0) is 24.3. The van der Waals surface area contributed by atoms with Gasteiger partial charge in [-0.15, -0.1) is 0 Å². The van der Waals surface area contributed by atoms with E-state index < -0.39 is 11.7 Å². The SMILES string of the molecule is CNc1cc(Nc2ccc(C(=O)N3C[C@@H]4C[C@H]3CO4)c3c2OCCO3)nc2[nH]cc(C(F)(F)F)c12. The van der Waals surface area contributed by atoms with Crippen LogP contribution in [0.4, 0.5) is 30.4 Å². The minimum atomic E-state index is -4.52. The van der Waals surface area contributed by atoms with E-state index in [9.17, 15) is 18.0 Å². The second-order valence-corrected chi connectivity index (χ2v) is 8.67. The number of aromatic nitrogens is 2. The van der Waals surface area contributed by atoms with E-state index in [2.05, 4.69) is 20.6 Å². The van der Waals surface area contributed by atoms with Crippen molar-refractivity contribution >= 4 is 34.1 Å². The van der Waals surface area contributed by atoms with Gasteiger partial charge in [0.1, 0.15) is 24.7 Å². The maximum Gasteiger partial charge on any atom is 0.418 e. The summed E-state index contributed by atoms with van der Waals surface area (Å²) in [7, 11) is 1.54. The first-order valence-electron chi connectivity index (χ1n) is 11.2. The van der Waals surface area contributed by atoms with Gasteiger partial charge in [-0.3, -0.25) is 4.79 Å². The third-order valence-corrected chi connectivity index (χ3v) is 6.56. The van der Waals surface area contributed by atoms with Gasteiger partial charge in [-0.05, 0) is 18.6 Å². The highest BCUT2D eigenvalue weighted by Crippen LogP contribution is 2.44. The number of alkyl halides is 3. The van der Waals surface area contributed by atoms with Gasteiger partial charge in [-0.25, -0.2) is 4.98 Å². The fourth-order valence-electron chi connectivity index (χ4n) is 4.96. The Labute approximate surface area is 197 Å². The quantitative estimate of drug-likeness (QED) is 0.513. The highest BCUT2D eigenvalue weighted by atomic mass is 19.4. The van der Waals surface area contributed by atoms with Crippen molar-refractivity contribution in [1.82, 2.24) is 14.9 Å². The van der Waals surface area contributed by atoms with Crippen molar-refractivity contribution in [2.45, 2.75) is 24.7 Å². The van der Waals surface area contributed by atoms with Gasteiger partial charge in [-0.1, -0.05) is 0 Å². The second-order valence-electron chi connectivity index (χ2n) is 8.67. The number of pyridine rings is 1. The smallest absolute Gasteiger partial charge is 0.418 e. The number of fused-ring (bicyclic) bond motifs is 4. The van der Waals surface area contributed by atoms with E-state index in [1.54, 1.807) is 19.2 Å². The molecule has 3 aromatic rings. The van der Waals surface area contributed by atoms with E-state index in [1.807, 2.05) is 4.90 Å². The number of ether oxygens (including phenoxy) is 3. The number of H-pyrrole nitrogens is 1. The number of rotatable bonds is 4. The molecule has 1 aromatic carbocycles. The summed E-state index contributed by atoms with van der Waals surface area (Å²) < 4.78 is 57.5. The first-order chi connectivity index (χ1) is 16.8. The molecule has 184 valence electrons. The molecule has 0 saturated carbocycles. The van der Waals surface area contributed by atoms with Crippen molar-refractivity contribution in [2.24, 2.45) is 0 Å². The van der Waals surface area contributed by atoms with Crippen LogP contribution >= 0.6 is 0 Å². The Morgan fingerprint density at radius 2 is 2.00 bits per heavy atom. The molecule has 0 unspecified atom stereocenters. The first-order valence-corrected chi connectivity index (χ1v) is 11.2. The van der Waals surface area contributed by atoms with Crippen LogP contribution in [0, 0.1) is 0 Å². The topological polar surface area (TPSA) is 101 Å². The van der Waals surface area contributed by atoms with Crippen LogP contribution in [0.25, 0.3) is 11.0 Å². The van der Waals surface area contributed by atoms with Gasteiger partial charge in [-0.2, -0.15) is 13.2 Å². The maximum atomic E-state index is 13.4. The Bertz CT molecular complexity index is 1320. The van der Waals surface area contributed by atoms with Crippen LogP contribution in [0.1, 0.15) is 22.3 Å². The number of nitrogens with one attached hydrogen (secondary N) is 3. The molecule has 0 aliphatic carbocycles. The third-order valence-electron chi connectivity index (χ3n) is 6.56. The van der Waals surface area contributed by atoms with E-state index in [4.69, 9.17) is 14.2 Å². The molecule has 2 atom stereocenters. The summed E-state index contributed by atoms with van der Waals surface area (Å²) in [6.07, 6.45) is -2.71. The molecule has 3 aliphatic heterocycles. The monoisotopic (exact) mass is 489 g/mol. The maximum absolute atomic E-state index is 13.4. The van der Waals surface area contributed by atoms with Gasteiger partial charge in [0, 0.05) is 31.5 Å². The summed E-state index contributed by atoms with van der Waals surface area (Å²) in [5.74, 6) is 0.848. The number of anilines is 3. The number of aromatic amines is 1. The highest BCUT2D eigenvalue weighted by Gasteiger charge is 2.43. The summed E-state index contributed by atoms with van der Waals surface area (Å²) in [5.41, 5.74) is 0.426. The molecule has 0 radical (unpaired) electrons. The van der Waals surface area contributed by atoms with Crippen molar-refractivity contribution in [3.05, 3.63) is 35.5 Å². The molecule has 1 amide bonds. The second kappa shape index (κ2) is 7.94. The van der Waals surface area contributed by atoms with Crippen LogP contribution in [0.2, 0.25) is 0 Å². The van der Waals surface area contributed by atoms with Crippen LogP contribution in [0.5, 0.6) is 11.5 Å². The van der Waals surface area contributed by atoms with Gasteiger partial charge in [0.25, 0.3) is 5.91 Å². The number of carbonyl (C=O) groups is 1. The fraction of sp³-hybridized carbons (Fsp3) is 0.391. The van der Waals surface area contributed by atoms with Crippen molar-refractivity contribution in [3.8, 4) is 11.5 Å². The van der Waals surface area contributed by atoms with Gasteiger partial charge in [0.2, 0.25) is 0 Å². The summed E-state index contributed by atoms with van der Waals surface area (Å²) in [4.78, 5) is 22.0. The molecule has 5 heterocycles. The lowest BCUT2D eigenvalue weighted by molar-refractivity contribution is -0.136. The molecule has 6 rings (SSSR count). The highest BCUT2D eigenvalue weighted by molar-refractivity contribution is 6.00. The summed E-state index contributed by atoms with van der Waals surface area (Å²) >= 11 is 0. The summed E-state index contributed by atoms with van der Waals surface area (Å²) in [5, 5.41) is 5.87. The van der Waals surface area contributed by atoms with Crippen molar-refractivity contribution in [1.29, 1.82) is 0 Å². The number of halogens is 3. The van der Waals surface area contributed by atoms with Gasteiger partial charge in [0.05, 0.1) is 41.0 Å². The molecule has 0 spiro atoms. The van der Waals surface area contributed by atoms with Gasteiger partial charge in [0.15, 0.2) is 11.5 Å². The predicted octanol–water partition coefficient (Wildman–Crippen LogP) is 3.75. The van der Waals surface area contributed by atoms with E-state index in [-0.39, 0.29) is 34.8 Å². The van der Waals surface area contributed by atoms with Crippen molar-refractivity contribution < 1.29 is 32.2 Å². The van der Waals surface area contributed by atoms with Crippen molar-refractivity contribution in [2.75, 3.05) is 44.0 Å². The number of amides is 1. The van der Waals surface area contributed by atoms with Crippen LogP contribution in [-0.4, -0.2) is 66.3 Å². The average molecular weight is 489 g/mol. The van der Waals surface area contributed by atoms with Crippen molar-refractivity contribution in [3.63, 3.8) is 0 Å².